The van der Waals surface area contributed by atoms with Crippen LogP contribution >= 0.6 is 0 Å². The Balaban J connectivity index is 3.13. The number of fused-ring (bicyclic) bond motifs is 1. The molecule has 2 heterocycles. The van der Waals surface area contributed by atoms with Gasteiger partial charge in [0.1, 0.15) is 5.76 Å². The van der Waals surface area contributed by atoms with E-state index in [9.17, 15) is 14.7 Å². The number of aryl methyl sites for hydroxylation is 2. The zero-order valence-corrected chi connectivity index (χ0v) is 8.16. The Kier molecular flexibility index (Phi) is 1.89. The lowest BCUT2D eigenvalue weighted by molar-refractivity contribution is 0.419. The zero-order valence-electron chi connectivity index (χ0n) is 8.16. The van der Waals surface area contributed by atoms with Gasteiger partial charge in [-0.2, -0.15) is 0 Å². The van der Waals surface area contributed by atoms with E-state index < -0.39 is 16.6 Å². The van der Waals surface area contributed by atoms with Crippen LogP contribution in [0.25, 0.3) is 11.2 Å². The third kappa shape index (κ3) is 1.24. The maximum absolute atomic E-state index is 11.6. The van der Waals surface area contributed by atoms with Gasteiger partial charge in [0.05, 0.1) is 6.26 Å². The molecule has 0 spiro atoms. The molecule has 0 radical (unpaired) electrons. The maximum atomic E-state index is 11.6. The van der Waals surface area contributed by atoms with Gasteiger partial charge in [-0.1, -0.05) is 0 Å². The molecule has 0 saturated heterocycles. The van der Waals surface area contributed by atoms with Gasteiger partial charge in [0.2, 0.25) is 22.3 Å². The summed E-state index contributed by atoms with van der Waals surface area (Å²) in [6.45, 7) is 2.95. The van der Waals surface area contributed by atoms with Crippen molar-refractivity contribution in [2.45, 2.75) is 13.8 Å². The van der Waals surface area contributed by atoms with E-state index >= 15 is 0 Å². The summed E-state index contributed by atoms with van der Waals surface area (Å²) < 4.78 is 9.95. The molecule has 0 saturated carbocycles. The number of hydrogen-bond acceptors (Lipinski definition) is 5. The van der Waals surface area contributed by atoms with Crippen LogP contribution in [0.4, 0.5) is 0 Å². The van der Waals surface area contributed by atoms with E-state index in [1.165, 1.54) is 6.92 Å². The Hall–Kier alpha value is -2.04. The van der Waals surface area contributed by atoms with E-state index in [4.69, 9.17) is 8.83 Å². The molecule has 2 rings (SSSR count). The normalized spacial score (nSPS) is 10.8. The minimum Gasteiger partial charge on any atom is -0.502 e. The average molecular weight is 208 g/mol. The highest BCUT2D eigenvalue weighted by Crippen LogP contribution is 2.16. The molecule has 0 aliphatic heterocycles. The van der Waals surface area contributed by atoms with Crippen molar-refractivity contribution in [2.75, 3.05) is 0 Å². The average Bonchev–Trinajstić information content (AvgIpc) is 2.21. The lowest BCUT2D eigenvalue weighted by Crippen LogP contribution is -2.11. The molecule has 0 atom stereocenters. The molecule has 2 aromatic rings. The first-order valence-corrected chi connectivity index (χ1v) is 4.27. The monoisotopic (exact) mass is 208 g/mol. The van der Waals surface area contributed by atoms with Crippen molar-refractivity contribution in [3.63, 3.8) is 0 Å². The second-order valence-electron chi connectivity index (χ2n) is 3.24. The van der Waals surface area contributed by atoms with Crippen LogP contribution in [0.1, 0.15) is 11.3 Å². The van der Waals surface area contributed by atoms with Crippen LogP contribution in [-0.4, -0.2) is 5.11 Å². The molecule has 0 amide bonds. The topological polar surface area (TPSA) is 80.7 Å². The molecular weight excluding hydrogens is 200 g/mol. The summed E-state index contributed by atoms with van der Waals surface area (Å²) in [5.41, 5.74) is -1.21. The lowest BCUT2D eigenvalue weighted by atomic mass is 10.2. The van der Waals surface area contributed by atoms with E-state index in [1.807, 2.05) is 0 Å². The summed E-state index contributed by atoms with van der Waals surface area (Å²) in [7, 11) is 0. The molecule has 5 nitrogen and oxygen atoms in total. The second kappa shape index (κ2) is 2.98. The Bertz CT molecular complexity index is 647. The van der Waals surface area contributed by atoms with Gasteiger partial charge in [-0.15, -0.1) is 0 Å². The fraction of sp³-hybridized carbons (Fsp3) is 0.200. The van der Waals surface area contributed by atoms with Crippen molar-refractivity contribution in [1.82, 2.24) is 0 Å². The van der Waals surface area contributed by atoms with Crippen LogP contribution in [0.15, 0.2) is 24.7 Å². The SMILES string of the molecule is Cc1oc2c(=O)c(C)coc2c(=O)c1O. The van der Waals surface area contributed by atoms with Crippen LogP contribution in [0.2, 0.25) is 0 Å². The van der Waals surface area contributed by atoms with E-state index in [2.05, 4.69) is 0 Å². The summed E-state index contributed by atoms with van der Waals surface area (Å²) in [6, 6.07) is 0. The van der Waals surface area contributed by atoms with Gasteiger partial charge in [-0.3, -0.25) is 9.59 Å². The first-order valence-electron chi connectivity index (χ1n) is 4.27. The lowest BCUT2D eigenvalue weighted by Gasteiger charge is -2.00. The Labute approximate surface area is 83.6 Å². The van der Waals surface area contributed by atoms with E-state index in [0.29, 0.717) is 5.56 Å². The fourth-order valence-electron chi connectivity index (χ4n) is 1.25. The van der Waals surface area contributed by atoms with Crippen LogP contribution in [-0.2, 0) is 0 Å². The largest absolute Gasteiger partial charge is 0.502 e. The third-order valence-corrected chi connectivity index (χ3v) is 2.13. The zero-order chi connectivity index (χ0) is 11.2. The van der Waals surface area contributed by atoms with Gasteiger partial charge >= 0.3 is 0 Å². The van der Waals surface area contributed by atoms with Gasteiger partial charge in [0, 0.05) is 5.56 Å². The minimum atomic E-state index is -0.731. The number of aromatic hydroxyl groups is 1. The highest BCUT2D eigenvalue weighted by Gasteiger charge is 2.15. The van der Waals surface area contributed by atoms with E-state index in [-0.39, 0.29) is 16.9 Å². The predicted octanol–water partition coefficient (Wildman–Crippen LogP) is 1.07. The molecule has 0 fully saturated rings. The van der Waals surface area contributed by atoms with Crippen LogP contribution in [0.3, 0.4) is 0 Å². The Morgan fingerprint density at radius 2 is 1.80 bits per heavy atom. The van der Waals surface area contributed by atoms with Crippen molar-refractivity contribution in [2.24, 2.45) is 0 Å². The van der Waals surface area contributed by atoms with Gasteiger partial charge in [-0.05, 0) is 13.8 Å². The summed E-state index contributed by atoms with van der Waals surface area (Å²) >= 11 is 0. The Morgan fingerprint density at radius 1 is 1.13 bits per heavy atom. The number of hydrogen-bond donors (Lipinski definition) is 1. The molecule has 2 aromatic heterocycles. The molecule has 1 N–H and O–H groups in total. The smallest absolute Gasteiger partial charge is 0.270 e. The molecule has 15 heavy (non-hydrogen) atoms. The molecule has 0 aromatic carbocycles. The maximum Gasteiger partial charge on any atom is 0.270 e. The highest BCUT2D eigenvalue weighted by atomic mass is 16.4. The predicted molar refractivity (Wildman–Crippen MR) is 52.2 cm³/mol. The summed E-state index contributed by atoms with van der Waals surface area (Å²) in [6.07, 6.45) is 1.16. The van der Waals surface area contributed by atoms with E-state index in [1.54, 1.807) is 6.92 Å². The standard InChI is InChI=1S/C10H8O5/c1-4-3-14-9-8(13)7(12)5(2)15-10(9)6(4)11/h3,12H,1-2H3. The van der Waals surface area contributed by atoms with Crippen molar-refractivity contribution < 1.29 is 13.9 Å². The number of rotatable bonds is 0. The third-order valence-electron chi connectivity index (χ3n) is 2.13. The molecule has 78 valence electrons. The van der Waals surface area contributed by atoms with Gasteiger partial charge in [0.25, 0.3) is 5.43 Å². The molecular formula is C10H8O5. The summed E-state index contributed by atoms with van der Waals surface area (Å²) in [4.78, 5) is 23.0. The fourth-order valence-corrected chi connectivity index (χ4v) is 1.25. The van der Waals surface area contributed by atoms with Crippen molar-refractivity contribution in [3.05, 3.63) is 38.0 Å². The van der Waals surface area contributed by atoms with Crippen molar-refractivity contribution >= 4 is 11.2 Å². The second-order valence-corrected chi connectivity index (χ2v) is 3.24. The Morgan fingerprint density at radius 3 is 2.47 bits per heavy atom. The highest BCUT2D eigenvalue weighted by molar-refractivity contribution is 5.71. The van der Waals surface area contributed by atoms with Gasteiger partial charge in [0.15, 0.2) is 0 Å². The summed E-state index contributed by atoms with van der Waals surface area (Å²) in [5, 5.41) is 9.30. The van der Waals surface area contributed by atoms with Crippen LogP contribution < -0.4 is 10.9 Å². The van der Waals surface area contributed by atoms with E-state index in [0.717, 1.165) is 6.26 Å². The summed E-state index contributed by atoms with van der Waals surface area (Å²) in [5.74, 6) is -0.528. The quantitative estimate of drug-likeness (QED) is 0.700. The van der Waals surface area contributed by atoms with Crippen LogP contribution in [0.5, 0.6) is 5.75 Å². The van der Waals surface area contributed by atoms with Gasteiger partial charge < -0.3 is 13.9 Å². The molecule has 0 bridgehead atoms. The first kappa shape index (κ1) is 9.51. The van der Waals surface area contributed by atoms with Crippen LogP contribution in [0, 0.1) is 13.8 Å². The van der Waals surface area contributed by atoms with Crippen molar-refractivity contribution in [3.8, 4) is 5.75 Å². The minimum absolute atomic E-state index is 0.00500. The molecule has 5 heteroatoms. The molecule has 0 unspecified atom stereocenters. The molecule has 0 aliphatic carbocycles. The van der Waals surface area contributed by atoms with Crippen molar-refractivity contribution in [1.29, 1.82) is 0 Å². The van der Waals surface area contributed by atoms with Gasteiger partial charge in [-0.25, -0.2) is 0 Å². The molecule has 0 aliphatic rings. The first-order chi connectivity index (χ1) is 7.02.